The number of aromatic nitrogens is 1. The van der Waals surface area contributed by atoms with Crippen LogP contribution in [0.1, 0.15) is 35.0 Å². The number of benzene rings is 2. The van der Waals surface area contributed by atoms with Gasteiger partial charge in [0.2, 0.25) is 5.91 Å². The normalized spacial score (nSPS) is 12.0. The molecular weight excluding hydrogens is 462 g/mol. The summed E-state index contributed by atoms with van der Waals surface area (Å²) in [4.78, 5) is 36.6. The molecule has 1 unspecified atom stereocenters. The summed E-state index contributed by atoms with van der Waals surface area (Å²) >= 11 is 11.9. The summed E-state index contributed by atoms with van der Waals surface area (Å²) in [7, 11) is 0. The first-order valence-corrected chi connectivity index (χ1v) is 10.3. The van der Waals surface area contributed by atoms with Crippen LogP contribution in [0.4, 0.5) is 4.39 Å². The van der Waals surface area contributed by atoms with Crippen molar-refractivity contribution in [2.45, 2.75) is 32.7 Å². The van der Waals surface area contributed by atoms with E-state index in [4.69, 9.17) is 28.3 Å². The topological polar surface area (TPSA) is 109 Å². The zero-order valence-electron chi connectivity index (χ0n) is 17.1. The minimum Gasteiger partial charge on any atom is -0.505 e. The molecule has 32 heavy (non-hydrogen) atoms. The average Bonchev–Trinajstić information content (AvgIpc) is 2.94. The first-order valence-electron chi connectivity index (χ1n) is 9.53. The fourth-order valence-corrected chi connectivity index (χ4v) is 3.83. The Bertz CT molecular complexity index is 1260. The first kappa shape index (κ1) is 23.6. The summed E-state index contributed by atoms with van der Waals surface area (Å²) in [5, 5.41) is 22.1. The van der Waals surface area contributed by atoms with E-state index in [1.807, 2.05) is 0 Å². The molecule has 1 heterocycles. The number of rotatable bonds is 6. The van der Waals surface area contributed by atoms with Gasteiger partial charge in [-0.05, 0) is 43.7 Å². The molecule has 2 aromatic carbocycles. The molecule has 0 spiro atoms. The minimum absolute atomic E-state index is 0.162. The molecule has 168 valence electrons. The Hall–Kier alpha value is -3.10. The van der Waals surface area contributed by atoms with Crippen molar-refractivity contribution in [3.05, 3.63) is 63.0 Å². The van der Waals surface area contributed by atoms with Gasteiger partial charge in [-0.25, -0.2) is 4.39 Å². The second-order valence-electron chi connectivity index (χ2n) is 7.40. The van der Waals surface area contributed by atoms with Gasteiger partial charge in [-0.3, -0.25) is 19.0 Å². The van der Waals surface area contributed by atoms with Crippen LogP contribution >= 0.6 is 23.2 Å². The maximum atomic E-state index is 14.2. The lowest BCUT2D eigenvalue weighted by Crippen LogP contribution is -2.35. The van der Waals surface area contributed by atoms with Crippen LogP contribution in [0.3, 0.4) is 0 Å². The van der Waals surface area contributed by atoms with E-state index >= 15 is 0 Å². The highest BCUT2D eigenvalue weighted by molar-refractivity contribution is 6.42. The van der Waals surface area contributed by atoms with E-state index in [2.05, 4.69) is 5.32 Å². The fourth-order valence-electron chi connectivity index (χ4n) is 3.53. The number of aromatic hydroxyl groups is 1. The quantitative estimate of drug-likeness (QED) is 0.486. The molecule has 0 radical (unpaired) electrons. The Morgan fingerprint density at radius 1 is 1.16 bits per heavy atom. The van der Waals surface area contributed by atoms with E-state index in [1.54, 1.807) is 13.8 Å². The Kier molecular flexibility index (Phi) is 6.76. The van der Waals surface area contributed by atoms with Crippen molar-refractivity contribution >= 4 is 51.9 Å². The Labute approximate surface area is 192 Å². The van der Waals surface area contributed by atoms with Crippen LogP contribution in [0.2, 0.25) is 10.0 Å². The number of aliphatic carboxylic acids is 1. The molecule has 10 heteroatoms. The van der Waals surface area contributed by atoms with E-state index in [1.165, 1.54) is 22.8 Å². The average molecular weight is 481 g/mol. The zero-order valence-corrected chi connectivity index (χ0v) is 18.6. The van der Waals surface area contributed by atoms with E-state index in [0.29, 0.717) is 16.6 Å². The number of fused-ring (bicyclic) bond motifs is 1. The molecular formula is C22H19Cl2FN2O5. The van der Waals surface area contributed by atoms with E-state index in [0.717, 1.165) is 12.1 Å². The third-order valence-corrected chi connectivity index (χ3v) is 5.74. The molecule has 0 saturated carbocycles. The summed E-state index contributed by atoms with van der Waals surface area (Å²) in [5.41, 5.74) is 1.11. The van der Waals surface area contributed by atoms with Crippen molar-refractivity contribution in [2.75, 3.05) is 0 Å². The van der Waals surface area contributed by atoms with Crippen LogP contribution in [0.5, 0.6) is 5.75 Å². The Balaban J connectivity index is 2.08. The summed E-state index contributed by atoms with van der Waals surface area (Å²) in [5.74, 6) is -3.62. The van der Waals surface area contributed by atoms with Gasteiger partial charge in [-0.1, -0.05) is 23.2 Å². The van der Waals surface area contributed by atoms with Crippen LogP contribution in [0.15, 0.2) is 30.3 Å². The van der Waals surface area contributed by atoms with Gasteiger partial charge in [-0.2, -0.15) is 0 Å². The number of hydrogen-bond acceptors (Lipinski definition) is 4. The molecule has 3 rings (SSSR count). The largest absolute Gasteiger partial charge is 0.505 e. The number of nitrogens with one attached hydrogen (secondary N) is 1. The molecule has 0 aliphatic heterocycles. The van der Waals surface area contributed by atoms with Gasteiger partial charge >= 0.3 is 5.97 Å². The van der Waals surface area contributed by atoms with Crippen LogP contribution in [-0.2, 0) is 16.0 Å². The lowest BCUT2D eigenvalue weighted by Gasteiger charge is -2.12. The smallest absolute Gasteiger partial charge is 0.305 e. The van der Waals surface area contributed by atoms with Crippen LogP contribution < -0.4 is 5.32 Å². The second-order valence-corrected chi connectivity index (χ2v) is 8.21. The predicted octanol–water partition coefficient (Wildman–Crippen LogP) is 4.31. The number of hydrogen-bond donors (Lipinski definition) is 3. The van der Waals surface area contributed by atoms with Crippen molar-refractivity contribution in [1.29, 1.82) is 0 Å². The molecule has 1 aromatic heterocycles. The van der Waals surface area contributed by atoms with Gasteiger partial charge in [-0.15, -0.1) is 0 Å². The standard InChI is InChI=1S/C22H19Cl2FN2O5/c1-10(5-21(30)31)26-20(29)8-13-11(2)27(18-9-17(25)19(28)7-14(13)18)22(32)12-3-4-15(23)16(24)6-12/h3-4,6-7,9-10,28H,5,8H2,1-2H3,(H,26,29)(H,30,31). The van der Waals surface area contributed by atoms with Gasteiger partial charge < -0.3 is 15.5 Å². The number of carbonyl (C=O) groups excluding carboxylic acids is 2. The van der Waals surface area contributed by atoms with Crippen molar-refractivity contribution in [3.63, 3.8) is 0 Å². The first-order chi connectivity index (χ1) is 15.0. The lowest BCUT2D eigenvalue weighted by atomic mass is 10.1. The SMILES string of the molecule is Cc1c(CC(=O)NC(C)CC(=O)O)c2cc(O)c(F)cc2n1C(=O)c1ccc(Cl)c(Cl)c1. The highest BCUT2D eigenvalue weighted by atomic mass is 35.5. The fraction of sp³-hybridized carbons (Fsp3) is 0.227. The molecule has 0 aliphatic rings. The monoisotopic (exact) mass is 480 g/mol. The van der Waals surface area contributed by atoms with Gasteiger partial charge in [0.1, 0.15) is 0 Å². The third kappa shape index (κ3) is 4.71. The van der Waals surface area contributed by atoms with Crippen molar-refractivity contribution in [3.8, 4) is 5.75 Å². The number of phenols is 1. The maximum Gasteiger partial charge on any atom is 0.305 e. The van der Waals surface area contributed by atoms with Gasteiger partial charge in [0.25, 0.3) is 5.91 Å². The number of carboxylic acids is 1. The van der Waals surface area contributed by atoms with Gasteiger partial charge in [0, 0.05) is 28.8 Å². The molecule has 0 fully saturated rings. The molecule has 0 aliphatic carbocycles. The highest BCUT2D eigenvalue weighted by Crippen LogP contribution is 2.33. The summed E-state index contributed by atoms with van der Waals surface area (Å²) in [6, 6.07) is 5.87. The van der Waals surface area contributed by atoms with Crippen LogP contribution in [0.25, 0.3) is 10.9 Å². The third-order valence-electron chi connectivity index (χ3n) is 5.00. The number of carbonyl (C=O) groups is 3. The Morgan fingerprint density at radius 2 is 1.84 bits per heavy atom. The maximum absolute atomic E-state index is 14.2. The van der Waals surface area contributed by atoms with Gasteiger partial charge in [0.05, 0.1) is 28.4 Å². The van der Waals surface area contributed by atoms with Crippen molar-refractivity contribution in [2.24, 2.45) is 0 Å². The number of amides is 1. The van der Waals surface area contributed by atoms with E-state index in [9.17, 15) is 23.9 Å². The minimum atomic E-state index is -1.06. The van der Waals surface area contributed by atoms with Crippen molar-refractivity contribution in [1.82, 2.24) is 9.88 Å². The highest BCUT2D eigenvalue weighted by Gasteiger charge is 2.24. The summed E-state index contributed by atoms with van der Waals surface area (Å²) < 4.78 is 15.4. The van der Waals surface area contributed by atoms with E-state index in [-0.39, 0.29) is 34.0 Å². The second kappa shape index (κ2) is 9.18. The number of phenolic OH excluding ortho intramolecular Hbond substituents is 1. The number of halogens is 3. The summed E-state index contributed by atoms with van der Waals surface area (Å²) in [6.45, 7) is 3.14. The molecule has 3 N–H and O–H groups in total. The number of nitrogens with zero attached hydrogens (tertiary/aromatic N) is 1. The summed E-state index contributed by atoms with van der Waals surface area (Å²) in [6.07, 6.45) is -0.465. The lowest BCUT2D eigenvalue weighted by molar-refractivity contribution is -0.137. The Morgan fingerprint density at radius 3 is 2.47 bits per heavy atom. The molecule has 1 atom stereocenters. The molecule has 3 aromatic rings. The predicted molar refractivity (Wildman–Crippen MR) is 118 cm³/mol. The van der Waals surface area contributed by atoms with Crippen LogP contribution in [-0.4, -0.2) is 38.6 Å². The zero-order chi connectivity index (χ0) is 23.7. The van der Waals surface area contributed by atoms with Crippen molar-refractivity contribution < 1.29 is 29.0 Å². The number of carboxylic acid groups (broad SMARTS) is 1. The molecule has 0 saturated heterocycles. The molecule has 1 amide bonds. The molecule has 0 bridgehead atoms. The van der Waals surface area contributed by atoms with E-state index < -0.39 is 35.4 Å². The van der Waals surface area contributed by atoms with Crippen LogP contribution in [0, 0.1) is 12.7 Å². The molecule has 7 nitrogen and oxygen atoms in total. The van der Waals surface area contributed by atoms with Gasteiger partial charge in [0.15, 0.2) is 11.6 Å².